The van der Waals surface area contributed by atoms with Gasteiger partial charge in [0.2, 0.25) is 17.8 Å². The van der Waals surface area contributed by atoms with Crippen LogP contribution >= 0.6 is 11.6 Å². The number of amides is 3. The Morgan fingerprint density at radius 3 is 2.60 bits per heavy atom. The number of nitriles is 1. The maximum absolute atomic E-state index is 14.8. The highest BCUT2D eigenvalue weighted by molar-refractivity contribution is 6.32. The van der Waals surface area contributed by atoms with E-state index in [1.54, 1.807) is 37.3 Å². The zero-order valence-electron chi connectivity index (χ0n) is 25.6. The van der Waals surface area contributed by atoms with Crippen molar-refractivity contribution in [2.24, 2.45) is 0 Å². The molecule has 12 heteroatoms. The summed E-state index contributed by atoms with van der Waals surface area (Å²) in [6.45, 7) is 11.4. The second-order valence-electron chi connectivity index (χ2n) is 12.1. The van der Waals surface area contributed by atoms with Crippen molar-refractivity contribution in [1.29, 1.82) is 5.26 Å². The van der Waals surface area contributed by atoms with Crippen LogP contribution in [0, 0.1) is 11.3 Å². The summed E-state index contributed by atoms with van der Waals surface area (Å²) in [5.74, 6) is -4.82. The molecule has 1 saturated carbocycles. The molecule has 0 radical (unpaired) electrons. The third kappa shape index (κ3) is 7.28. The SMILES string of the molecule is C=C/C(Cl)=C(\C=C/C)[C@@H](C(=O)NC1CC(F)(F)C1)N(C(=O)[C@@H]1CCC(=O)N1c1nccc(C#N)n1)c1cccc(C(C)(C)C)c1. The molecule has 2 aliphatic rings. The van der Waals surface area contributed by atoms with Crippen molar-refractivity contribution in [1.82, 2.24) is 15.3 Å². The molecule has 1 aliphatic carbocycles. The average molecular weight is 637 g/mol. The first-order valence-electron chi connectivity index (χ1n) is 14.5. The fraction of sp³-hybridized carbons (Fsp3) is 0.394. The van der Waals surface area contributed by atoms with E-state index in [0.717, 1.165) is 10.5 Å². The molecule has 2 heterocycles. The van der Waals surface area contributed by atoms with Crippen LogP contribution in [0.3, 0.4) is 0 Å². The van der Waals surface area contributed by atoms with E-state index in [2.05, 4.69) is 21.9 Å². The van der Waals surface area contributed by atoms with E-state index in [1.165, 1.54) is 23.2 Å². The van der Waals surface area contributed by atoms with Crippen molar-refractivity contribution in [2.45, 2.75) is 82.8 Å². The Morgan fingerprint density at radius 2 is 2.00 bits per heavy atom. The Morgan fingerprint density at radius 1 is 1.29 bits per heavy atom. The first-order chi connectivity index (χ1) is 21.2. The van der Waals surface area contributed by atoms with Gasteiger partial charge in [0.05, 0.1) is 0 Å². The Bertz CT molecular complexity index is 1600. The third-order valence-electron chi connectivity index (χ3n) is 7.74. The van der Waals surface area contributed by atoms with Crippen molar-refractivity contribution in [3.63, 3.8) is 0 Å². The van der Waals surface area contributed by atoms with Gasteiger partial charge in [-0.15, -0.1) is 0 Å². The number of benzene rings is 1. The Balaban J connectivity index is 1.92. The summed E-state index contributed by atoms with van der Waals surface area (Å²) in [6, 6.07) is 6.97. The van der Waals surface area contributed by atoms with Crippen molar-refractivity contribution in [3.8, 4) is 6.07 Å². The van der Waals surface area contributed by atoms with Crippen molar-refractivity contribution in [3.05, 3.63) is 83.2 Å². The van der Waals surface area contributed by atoms with Gasteiger partial charge in [-0.2, -0.15) is 5.26 Å². The fourth-order valence-electron chi connectivity index (χ4n) is 5.42. The van der Waals surface area contributed by atoms with Gasteiger partial charge in [0.1, 0.15) is 23.8 Å². The van der Waals surface area contributed by atoms with Crippen molar-refractivity contribution in [2.75, 3.05) is 9.80 Å². The lowest BCUT2D eigenvalue weighted by atomic mass is 9.86. The maximum Gasteiger partial charge on any atom is 0.252 e. The van der Waals surface area contributed by atoms with E-state index in [-0.39, 0.29) is 40.5 Å². The minimum absolute atomic E-state index is 0.00579. The molecule has 2 fully saturated rings. The molecule has 4 rings (SSSR count). The molecular weight excluding hydrogens is 602 g/mol. The van der Waals surface area contributed by atoms with Gasteiger partial charge in [-0.05, 0) is 42.5 Å². The molecule has 1 N–H and O–H groups in total. The molecule has 9 nitrogen and oxygen atoms in total. The Hall–Kier alpha value is -4.43. The first kappa shape index (κ1) is 33.5. The van der Waals surface area contributed by atoms with Gasteiger partial charge in [0.15, 0.2) is 0 Å². The van der Waals surface area contributed by atoms with Gasteiger partial charge in [-0.1, -0.05) is 69.3 Å². The minimum atomic E-state index is -2.90. The summed E-state index contributed by atoms with van der Waals surface area (Å²) in [7, 11) is 0. The summed E-state index contributed by atoms with van der Waals surface area (Å²) in [5.41, 5.74) is 1.04. The van der Waals surface area contributed by atoms with E-state index in [0.29, 0.717) is 5.69 Å². The molecule has 3 amide bonds. The van der Waals surface area contributed by atoms with E-state index >= 15 is 0 Å². The predicted octanol–water partition coefficient (Wildman–Crippen LogP) is 5.71. The van der Waals surface area contributed by atoms with Gasteiger partial charge in [0.25, 0.3) is 11.8 Å². The van der Waals surface area contributed by atoms with Crippen LogP contribution in [0.25, 0.3) is 0 Å². The molecule has 1 aliphatic heterocycles. The fourth-order valence-corrected chi connectivity index (χ4v) is 5.59. The second-order valence-corrected chi connectivity index (χ2v) is 12.5. The van der Waals surface area contributed by atoms with Crippen molar-refractivity contribution < 1.29 is 23.2 Å². The number of aromatic nitrogens is 2. The summed E-state index contributed by atoms with van der Waals surface area (Å²) >= 11 is 6.62. The Kier molecular flexibility index (Phi) is 9.88. The van der Waals surface area contributed by atoms with Crippen LogP contribution in [0.2, 0.25) is 0 Å². The van der Waals surface area contributed by atoms with Crippen LogP contribution in [0.5, 0.6) is 0 Å². The zero-order valence-corrected chi connectivity index (χ0v) is 26.3. The predicted molar refractivity (Wildman–Crippen MR) is 168 cm³/mol. The number of rotatable bonds is 9. The summed E-state index contributed by atoms with van der Waals surface area (Å²) in [5, 5.41) is 12.1. The summed E-state index contributed by atoms with van der Waals surface area (Å²) in [6.07, 6.45) is 4.85. The standard InChI is InChI=1S/C33H35ClF2N6O3/c1-6-9-24(25(34)7-2)28(29(44)39-22-17-33(35,36)18-22)41(23-11-8-10-20(16-23)32(3,4)5)30(45)26-12-13-27(43)42(26)31-38-15-14-21(19-37)40-31/h6-11,14-16,22,26,28H,2,12-13,17-18H2,1,3-5H3,(H,39,44)/b9-6-,25-24-/t26-,28-/m0/s1. The molecule has 2 aromatic rings. The number of allylic oxidation sites excluding steroid dienone is 3. The van der Waals surface area contributed by atoms with Gasteiger partial charge < -0.3 is 5.32 Å². The first-order valence-corrected chi connectivity index (χ1v) is 14.9. The van der Waals surface area contributed by atoms with Gasteiger partial charge in [0, 0.05) is 47.8 Å². The molecule has 0 bridgehead atoms. The van der Waals surface area contributed by atoms with Crippen LogP contribution in [-0.2, 0) is 19.8 Å². The lowest BCUT2D eigenvalue weighted by Gasteiger charge is -2.39. The highest BCUT2D eigenvalue weighted by Gasteiger charge is 2.49. The van der Waals surface area contributed by atoms with E-state index in [9.17, 15) is 28.4 Å². The van der Waals surface area contributed by atoms with Gasteiger partial charge >= 0.3 is 0 Å². The number of anilines is 2. The summed E-state index contributed by atoms with van der Waals surface area (Å²) < 4.78 is 27.5. The highest BCUT2D eigenvalue weighted by Crippen LogP contribution is 2.38. The maximum atomic E-state index is 14.8. The number of hydrogen-bond donors (Lipinski definition) is 1. The van der Waals surface area contributed by atoms with Crippen molar-refractivity contribution >= 4 is 41.0 Å². The molecule has 1 aromatic carbocycles. The highest BCUT2D eigenvalue weighted by atomic mass is 35.5. The zero-order chi connectivity index (χ0) is 33.1. The topological polar surface area (TPSA) is 119 Å². The largest absolute Gasteiger partial charge is 0.351 e. The van der Waals surface area contributed by atoms with Crippen LogP contribution in [0.15, 0.2) is 71.9 Å². The number of carbonyl (C=O) groups excluding carboxylic acids is 3. The number of alkyl halides is 2. The average Bonchev–Trinajstić information content (AvgIpc) is 3.38. The molecule has 2 atom stereocenters. The molecule has 45 heavy (non-hydrogen) atoms. The van der Waals surface area contributed by atoms with E-state index in [4.69, 9.17) is 11.6 Å². The number of hydrogen-bond acceptors (Lipinski definition) is 6. The van der Waals surface area contributed by atoms with Gasteiger partial charge in [-0.3, -0.25) is 24.2 Å². The monoisotopic (exact) mass is 636 g/mol. The van der Waals surface area contributed by atoms with Crippen LogP contribution in [-0.4, -0.2) is 51.7 Å². The second kappa shape index (κ2) is 13.3. The number of nitrogens with zero attached hydrogens (tertiary/aromatic N) is 5. The van der Waals surface area contributed by atoms with E-state index < -0.39 is 54.6 Å². The molecule has 236 valence electrons. The molecule has 1 aromatic heterocycles. The molecule has 0 unspecified atom stereocenters. The summed E-state index contributed by atoms with van der Waals surface area (Å²) in [4.78, 5) is 52.9. The third-order valence-corrected chi connectivity index (χ3v) is 8.11. The molecule has 1 saturated heterocycles. The van der Waals surface area contributed by atoms with Crippen LogP contribution in [0.1, 0.15) is 64.6 Å². The quantitative estimate of drug-likeness (QED) is 0.352. The smallest absolute Gasteiger partial charge is 0.252 e. The lowest BCUT2D eigenvalue weighted by molar-refractivity contribution is -0.132. The number of carbonyl (C=O) groups is 3. The number of nitrogens with one attached hydrogen (secondary N) is 1. The van der Waals surface area contributed by atoms with Gasteiger partial charge in [-0.25, -0.2) is 18.7 Å². The normalized spacial score (nSPS) is 19.4. The number of halogens is 3. The van der Waals surface area contributed by atoms with Crippen LogP contribution in [0.4, 0.5) is 20.4 Å². The lowest BCUT2D eigenvalue weighted by Crippen LogP contribution is -2.59. The molecule has 0 spiro atoms. The van der Waals surface area contributed by atoms with Crippen LogP contribution < -0.4 is 15.1 Å². The Labute approximate surface area is 266 Å². The van der Waals surface area contributed by atoms with E-state index in [1.807, 2.05) is 32.9 Å². The molecular formula is C33H35ClF2N6O3. The minimum Gasteiger partial charge on any atom is -0.351 e.